The fourth-order valence-corrected chi connectivity index (χ4v) is 5.14. The Morgan fingerprint density at radius 1 is 1.05 bits per heavy atom. The van der Waals surface area contributed by atoms with E-state index in [0.29, 0.717) is 41.9 Å². The van der Waals surface area contributed by atoms with Gasteiger partial charge in [-0.05, 0) is 56.3 Å². The first kappa shape index (κ1) is 14.7. The molecule has 118 valence electrons. The first-order valence-electron chi connectivity index (χ1n) is 7.30. The molecule has 0 saturated heterocycles. The number of nitrogens with zero attached hydrogens (tertiary/aromatic N) is 1. The van der Waals surface area contributed by atoms with Gasteiger partial charge in [0.25, 0.3) is 0 Å². The van der Waals surface area contributed by atoms with Gasteiger partial charge in [0.05, 0.1) is 0 Å². The summed E-state index contributed by atoms with van der Waals surface area (Å²) in [6.07, 6.45) is -0.407. The van der Waals surface area contributed by atoms with Crippen LogP contribution in [0.1, 0.15) is 38.5 Å². The van der Waals surface area contributed by atoms with Crippen LogP contribution in [0.3, 0.4) is 0 Å². The number of amides is 1. The Hall–Kier alpha value is -1.27. The molecule has 0 aromatic heterocycles. The van der Waals surface area contributed by atoms with E-state index in [1.807, 2.05) is 0 Å². The van der Waals surface area contributed by atoms with Crippen molar-refractivity contribution in [3.05, 3.63) is 0 Å². The van der Waals surface area contributed by atoms with Gasteiger partial charge >= 0.3 is 18.1 Å². The zero-order valence-corrected chi connectivity index (χ0v) is 11.5. The lowest BCUT2D eigenvalue weighted by Gasteiger charge is -2.60. The third-order valence-corrected chi connectivity index (χ3v) is 5.36. The van der Waals surface area contributed by atoms with E-state index in [2.05, 4.69) is 0 Å². The molecule has 4 fully saturated rings. The molecule has 0 atom stereocenters. The monoisotopic (exact) mass is 305 g/mol. The molecule has 21 heavy (non-hydrogen) atoms. The van der Waals surface area contributed by atoms with E-state index in [9.17, 15) is 22.8 Å². The molecule has 0 spiro atoms. The molecule has 4 saturated carbocycles. The van der Waals surface area contributed by atoms with Crippen LogP contribution in [0.4, 0.5) is 13.2 Å². The average molecular weight is 305 g/mol. The second kappa shape index (κ2) is 4.61. The van der Waals surface area contributed by atoms with E-state index < -0.39 is 30.1 Å². The van der Waals surface area contributed by atoms with Crippen LogP contribution < -0.4 is 0 Å². The molecule has 0 radical (unpaired) electrons. The van der Waals surface area contributed by atoms with Crippen LogP contribution in [-0.4, -0.2) is 40.1 Å². The predicted octanol–water partition coefficient (Wildman–Crippen LogP) is 2.43. The Balaban J connectivity index is 1.92. The van der Waals surface area contributed by atoms with Crippen LogP contribution in [-0.2, 0) is 9.59 Å². The highest BCUT2D eigenvalue weighted by Gasteiger charge is 2.58. The molecule has 1 amide bonds. The number of aliphatic carboxylic acids is 1. The summed E-state index contributed by atoms with van der Waals surface area (Å²) < 4.78 is 38.6. The highest BCUT2D eigenvalue weighted by atomic mass is 19.4. The van der Waals surface area contributed by atoms with Crippen LogP contribution >= 0.6 is 0 Å². The SMILES string of the molecule is O=C(O)CN(C(=O)C(F)(F)F)C12CC3CC(CC(C3)C1)C2. The lowest BCUT2D eigenvalue weighted by Crippen LogP contribution is -2.64. The summed E-state index contributed by atoms with van der Waals surface area (Å²) in [7, 11) is 0. The van der Waals surface area contributed by atoms with E-state index in [-0.39, 0.29) is 0 Å². The average Bonchev–Trinajstić information content (AvgIpc) is 2.32. The fourth-order valence-electron chi connectivity index (χ4n) is 5.14. The fraction of sp³-hybridized carbons (Fsp3) is 0.857. The second-order valence-corrected chi connectivity index (χ2v) is 6.92. The zero-order chi connectivity index (χ0) is 15.4. The lowest BCUT2D eigenvalue weighted by molar-refractivity contribution is -0.201. The molecular weight excluding hydrogens is 287 g/mol. The number of carbonyl (C=O) groups excluding carboxylic acids is 1. The Labute approximate surface area is 120 Å². The molecule has 4 aliphatic rings. The molecule has 4 bridgehead atoms. The summed E-state index contributed by atoms with van der Waals surface area (Å²) in [5, 5.41) is 8.94. The van der Waals surface area contributed by atoms with Gasteiger partial charge in [-0.25, -0.2) is 0 Å². The van der Waals surface area contributed by atoms with E-state index in [4.69, 9.17) is 5.11 Å². The Morgan fingerprint density at radius 2 is 1.48 bits per heavy atom. The lowest BCUT2D eigenvalue weighted by atomic mass is 9.52. The third kappa shape index (κ3) is 2.51. The second-order valence-electron chi connectivity index (χ2n) is 6.92. The number of carbonyl (C=O) groups is 2. The van der Waals surface area contributed by atoms with Gasteiger partial charge in [-0.1, -0.05) is 0 Å². The van der Waals surface area contributed by atoms with Gasteiger partial charge in [-0.2, -0.15) is 13.2 Å². The molecule has 0 aromatic carbocycles. The Morgan fingerprint density at radius 3 is 1.81 bits per heavy atom. The smallest absolute Gasteiger partial charge is 0.471 e. The molecular formula is C14H18F3NO3. The topological polar surface area (TPSA) is 57.6 Å². The summed E-state index contributed by atoms with van der Waals surface area (Å²) >= 11 is 0. The maximum absolute atomic E-state index is 12.9. The summed E-state index contributed by atoms with van der Waals surface area (Å²) in [4.78, 5) is 23.4. The van der Waals surface area contributed by atoms with Crippen LogP contribution in [0.15, 0.2) is 0 Å². The standard InChI is InChI=1S/C14H18F3NO3/c15-14(16,17)12(21)18(7-11(19)20)13-4-8-1-9(5-13)3-10(2-8)6-13/h8-10H,1-7H2,(H,19,20). The van der Waals surface area contributed by atoms with E-state index in [1.54, 1.807) is 0 Å². The third-order valence-electron chi connectivity index (χ3n) is 5.36. The molecule has 0 unspecified atom stereocenters. The molecule has 0 aliphatic heterocycles. The van der Waals surface area contributed by atoms with Crippen LogP contribution in [0.2, 0.25) is 0 Å². The van der Waals surface area contributed by atoms with Crippen LogP contribution in [0, 0.1) is 17.8 Å². The first-order valence-corrected chi connectivity index (χ1v) is 7.30. The van der Waals surface area contributed by atoms with E-state index >= 15 is 0 Å². The molecule has 7 heteroatoms. The van der Waals surface area contributed by atoms with Crippen molar-refractivity contribution in [3.8, 4) is 0 Å². The number of carboxylic acids is 1. The maximum Gasteiger partial charge on any atom is 0.471 e. The van der Waals surface area contributed by atoms with Crippen molar-refractivity contribution in [2.45, 2.75) is 50.2 Å². The summed E-state index contributed by atoms with van der Waals surface area (Å²) in [6.45, 7) is -0.857. The quantitative estimate of drug-likeness (QED) is 0.871. The minimum absolute atomic E-state index is 0.341. The van der Waals surface area contributed by atoms with Crippen molar-refractivity contribution in [2.24, 2.45) is 17.8 Å². The van der Waals surface area contributed by atoms with Crippen molar-refractivity contribution in [1.29, 1.82) is 0 Å². The predicted molar refractivity (Wildman–Crippen MR) is 66.3 cm³/mol. The zero-order valence-electron chi connectivity index (χ0n) is 11.5. The minimum Gasteiger partial charge on any atom is -0.480 e. The number of hydrogen-bond donors (Lipinski definition) is 1. The molecule has 1 N–H and O–H groups in total. The Kier molecular flexibility index (Phi) is 3.22. The largest absolute Gasteiger partial charge is 0.480 e. The van der Waals surface area contributed by atoms with Crippen LogP contribution in [0.5, 0.6) is 0 Å². The number of rotatable bonds is 3. The normalized spacial score (nSPS) is 37.6. The van der Waals surface area contributed by atoms with Gasteiger partial charge in [-0.15, -0.1) is 0 Å². The molecule has 4 nitrogen and oxygen atoms in total. The summed E-state index contributed by atoms with van der Waals surface area (Å²) in [5.74, 6) is -2.36. The van der Waals surface area contributed by atoms with Gasteiger partial charge in [0.2, 0.25) is 0 Å². The van der Waals surface area contributed by atoms with Gasteiger partial charge in [0.15, 0.2) is 0 Å². The highest BCUT2D eigenvalue weighted by Crippen LogP contribution is 2.58. The van der Waals surface area contributed by atoms with Crippen molar-refractivity contribution in [1.82, 2.24) is 4.90 Å². The van der Waals surface area contributed by atoms with Gasteiger partial charge in [-0.3, -0.25) is 9.59 Å². The van der Waals surface area contributed by atoms with Crippen molar-refractivity contribution in [3.63, 3.8) is 0 Å². The van der Waals surface area contributed by atoms with Gasteiger partial charge in [0, 0.05) is 5.54 Å². The van der Waals surface area contributed by atoms with Crippen molar-refractivity contribution in [2.75, 3.05) is 6.54 Å². The number of halogens is 3. The number of hydrogen-bond acceptors (Lipinski definition) is 2. The first-order chi connectivity index (χ1) is 9.69. The van der Waals surface area contributed by atoms with Crippen molar-refractivity contribution < 1.29 is 27.9 Å². The molecule has 4 aliphatic carbocycles. The van der Waals surface area contributed by atoms with E-state index in [1.165, 1.54) is 0 Å². The summed E-state index contributed by atoms with van der Waals surface area (Å²) in [6, 6.07) is 0. The van der Waals surface area contributed by atoms with E-state index in [0.717, 1.165) is 19.3 Å². The minimum atomic E-state index is -5.02. The van der Waals surface area contributed by atoms with Gasteiger partial charge < -0.3 is 10.0 Å². The summed E-state index contributed by atoms with van der Waals surface area (Å²) in [5.41, 5.74) is -0.889. The highest BCUT2D eigenvalue weighted by molar-refractivity contribution is 5.86. The molecule has 0 aromatic rings. The molecule has 0 heterocycles. The molecule has 4 rings (SSSR count). The van der Waals surface area contributed by atoms with Gasteiger partial charge in [0.1, 0.15) is 6.54 Å². The Bertz CT molecular complexity index is 439. The van der Waals surface area contributed by atoms with Crippen LogP contribution in [0.25, 0.3) is 0 Å². The number of carboxylic acid groups (broad SMARTS) is 1. The van der Waals surface area contributed by atoms with Crippen molar-refractivity contribution >= 4 is 11.9 Å². The number of alkyl halides is 3. The maximum atomic E-state index is 12.9.